The summed E-state index contributed by atoms with van der Waals surface area (Å²) >= 11 is 0. The minimum absolute atomic E-state index is 0.375. The SMILES string of the molecule is CCCC(C)/C(=C\C(C)=N/C)Nc1nc(NC2CCCCC2)c2ncccc2n1. The maximum Gasteiger partial charge on any atom is 0.229 e. The quantitative estimate of drug-likeness (QED) is 0.571. The molecule has 1 atom stereocenters. The van der Waals surface area contributed by atoms with E-state index in [0.717, 1.165) is 41.1 Å². The van der Waals surface area contributed by atoms with Gasteiger partial charge in [-0.1, -0.05) is 39.5 Å². The first-order valence-electron chi connectivity index (χ1n) is 10.9. The second kappa shape index (κ2) is 10.3. The summed E-state index contributed by atoms with van der Waals surface area (Å²) in [7, 11) is 1.82. The summed E-state index contributed by atoms with van der Waals surface area (Å²) in [6.45, 7) is 6.45. The average Bonchev–Trinajstić information content (AvgIpc) is 2.74. The molecule has 6 heteroatoms. The molecular formula is C23H34N6. The van der Waals surface area contributed by atoms with Gasteiger partial charge in [-0.2, -0.15) is 4.98 Å². The second-order valence-electron chi connectivity index (χ2n) is 8.03. The van der Waals surface area contributed by atoms with Crippen molar-refractivity contribution >= 4 is 28.5 Å². The number of nitrogens with one attached hydrogen (secondary N) is 2. The standard InChI is InChI=1S/C23H34N6/c1-5-10-16(2)20(15-17(3)24-4)28-23-27-19-13-9-14-25-21(19)22(29-23)26-18-11-7-6-8-12-18/h9,13-16,18H,5-8,10-12H2,1-4H3,(H2,26,27,28,29)/b20-15+,24-17-. The zero-order chi connectivity index (χ0) is 20.6. The lowest BCUT2D eigenvalue weighted by atomic mass is 9.95. The van der Waals surface area contributed by atoms with Gasteiger partial charge in [-0.3, -0.25) is 9.98 Å². The van der Waals surface area contributed by atoms with Gasteiger partial charge < -0.3 is 10.6 Å². The van der Waals surface area contributed by atoms with E-state index in [2.05, 4.69) is 40.5 Å². The van der Waals surface area contributed by atoms with Crippen LogP contribution < -0.4 is 10.6 Å². The molecule has 1 fully saturated rings. The largest absolute Gasteiger partial charge is 0.365 e. The third-order valence-corrected chi connectivity index (χ3v) is 5.63. The Morgan fingerprint density at radius 2 is 2.07 bits per heavy atom. The minimum Gasteiger partial charge on any atom is -0.365 e. The Labute approximate surface area is 174 Å². The lowest BCUT2D eigenvalue weighted by Crippen LogP contribution is -2.23. The molecule has 2 N–H and O–H groups in total. The lowest BCUT2D eigenvalue weighted by molar-refractivity contribution is 0.462. The van der Waals surface area contributed by atoms with E-state index in [1.165, 1.54) is 32.1 Å². The number of hydrogen-bond acceptors (Lipinski definition) is 6. The Balaban J connectivity index is 1.94. The number of anilines is 2. The van der Waals surface area contributed by atoms with Crippen LogP contribution in [0.5, 0.6) is 0 Å². The molecule has 0 aliphatic heterocycles. The van der Waals surface area contributed by atoms with Crippen molar-refractivity contribution in [1.82, 2.24) is 15.0 Å². The summed E-state index contributed by atoms with van der Waals surface area (Å²) in [5, 5.41) is 7.14. The number of aliphatic imine (C=N–C) groups is 1. The van der Waals surface area contributed by atoms with E-state index in [4.69, 9.17) is 9.97 Å². The maximum absolute atomic E-state index is 4.83. The molecule has 2 heterocycles. The topological polar surface area (TPSA) is 75.1 Å². The Morgan fingerprint density at radius 1 is 1.28 bits per heavy atom. The van der Waals surface area contributed by atoms with Gasteiger partial charge in [0, 0.05) is 30.7 Å². The van der Waals surface area contributed by atoms with Crippen molar-refractivity contribution in [3.63, 3.8) is 0 Å². The van der Waals surface area contributed by atoms with E-state index >= 15 is 0 Å². The summed E-state index contributed by atoms with van der Waals surface area (Å²) in [4.78, 5) is 18.4. The van der Waals surface area contributed by atoms with Crippen LogP contribution in [0.3, 0.4) is 0 Å². The molecule has 1 aliphatic rings. The predicted molar refractivity (Wildman–Crippen MR) is 123 cm³/mol. The fraction of sp³-hybridized carbons (Fsp3) is 0.565. The molecule has 3 rings (SSSR count). The van der Waals surface area contributed by atoms with Crippen LogP contribution in [0.25, 0.3) is 11.0 Å². The first-order chi connectivity index (χ1) is 14.1. The first-order valence-corrected chi connectivity index (χ1v) is 10.9. The summed E-state index contributed by atoms with van der Waals surface area (Å²) in [5.74, 6) is 1.81. The van der Waals surface area contributed by atoms with Crippen LogP contribution in [0.15, 0.2) is 35.1 Å². The van der Waals surface area contributed by atoms with E-state index in [1.807, 2.05) is 26.1 Å². The molecule has 29 heavy (non-hydrogen) atoms. The van der Waals surface area contributed by atoms with Gasteiger partial charge in [-0.05, 0) is 50.3 Å². The Morgan fingerprint density at radius 3 is 2.79 bits per heavy atom. The molecular weight excluding hydrogens is 360 g/mol. The highest BCUT2D eigenvalue weighted by Crippen LogP contribution is 2.26. The van der Waals surface area contributed by atoms with E-state index in [0.29, 0.717) is 17.9 Å². The van der Waals surface area contributed by atoms with Crippen molar-refractivity contribution in [2.45, 2.75) is 71.8 Å². The summed E-state index contributed by atoms with van der Waals surface area (Å²) in [6, 6.07) is 4.38. The molecule has 1 unspecified atom stereocenters. The van der Waals surface area contributed by atoms with Crippen LogP contribution in [-0.4, -0.2) is 33.8 Å². The van der Waals surface area contributed by atoms with Gasteiger partial charge in [0.1, 0.15) is 5.52 Å². The molecule has 2 aromatic rings. The normalized spacial score (nSPS) is 17.4. The highest BCUT2D eigenvalue weighted by Gasteiger charge is 2.18. The van der Waals surface area contributed by atoms with Crippen molar-refractivity contribution in [2.75, 3.05) is 17.7 Å². The first kappa shape index (κ1) is 21.2. The zero-order valence-electron chi connectivity index (χ0n) is 18.2. The molecule has 2 aromatic heterocycles. The molecule has 0 aromatic carbocycles. The van der Waals surface area contributed by atoms with Crippen molar-refractivity contribution < 1.29 is 0 Å². The fourth-order valence-electron chi connectivity index (χ4n) is 3.87. The highest BCUT2D eigenvalue weighted by molar-refractivity contribution is 5.93. The summed E-state index contributed by atoms with van der Waals surface area (Å²) in [6.07, 6.45) is 12.4. The van der Waals surface area contributed by atoms with Gasteiger partial charge in [0.25, 0.3) is 0 Å². The molecule has 0 saturated heterocycles. The summed E-state index contributed by atoms with van der Waals surface area (Å²) in [5.41, 5.74) is 3.77. The van der Waals surface area contributed by atoms with Gasteiger partial charge >= 0.3 is 0 Å². The predicted octanol–water partition coefficient (Wildman–Crippen LogP) is 5.59. The number of hydrogen-bond donors (Lipinski definition) is 2. The van der Waals surface area contributed by atoms with E-state index in [-0.39, 0.29) is 0 Å². The van der Waals surface area contributed by atoms with E-state index < -0.39 is 0 Å². The maximum atomic E-state index is 4.83. The summed E-state index contributed by atoms with van der Waals surface area (Å²) < 4.78 is 0. The Kier molecular flexibility index (Phi) is 7.55. The minimum atomic E-state index is 0.375. The fourth-order valence-corrected chi connectivity index (χ4v) is 3.87. The van der Waals surface area contributed by atoms with Crippen LogP contribution >= 0.6 is 0 Å². The molecule has 6 nitrogen and oxygen atoms in total. The molecule has 156 valence electrons. The second-order valence-corrected chi connectivity index (χ2v) is 8.03. The molecule has 1 aliphatic carbocycles. The van der Waals surface area contributed by atoms with Crippen molar-refractivity contribution in [3.05, 3.63) is 30.1 Å². The average molecular weight is 395 g/mol. The van der Waals surface area contributed by atoms with Crippen molar-refractivity contribution in [3.8, 4) is 0 Å². The molecule has 1 saturated carbocycles. The Bertz CT molecular complexity index is 867. The van der Waals surface area contributed by atoms with Gasteiger partial charge in [-0.15, -0.1) is 0 Å². The Hall–Kier alpha value is -2.50. The molecule has 0 radical (unpaired) electrons. The number of nitrogens with zero attached hydrogens (tertiary/aromatic N) is 4. The van der Waals surface area contributed by atoms with Crippen molar-refractivity contribution in [2.24, 2.45) is 10.9 Å². The van der Waals surface area contributed by atoms with Crippen LogP contribution in [0.4, 0.5) is 11.8 Å². The lowest BCUT2D eigenvalue weighted by Gasteiger charge is -2.24. The number of pyridine rings is 1. The third kappa shape index (κ3) is 5.75. The van der Waals surface area contributed by atoms with Crippen molar-refractivity contribution in [1.29, 1.82) is 0 Å². The van der Waals surface area contributed by atoms with E-state index in [1.54, 1.807) is 6.20 Å². The number of fused-ring (bicyclic) bond motifs is 1. The van der Waals surface area contributed by atoms with Gasteiger partial charge in [0.2, 0.25) is 5.95 Å². The van der Waals surface area contributed by atoms with E-state index in [9.17, 15) is 0 Å². The number of rotatable bonds is 8. The van der Waals surface area contributed by atoms with Crippen LogP contribution in [-0.2, 0) is 0 Å². The zero-order valence-corrected chi connectivity index (χ0v) is 18.2. The monoisotopic (exact) mass is 394 g/mol. The third-order valence-electron chi connectivity index (χ3n) is 5.63. The van der Waals surface area contributed by atoms with Crippen LogP contribution in [0, 0.1) is 5.92 Å². The van der Waals surface area contributed by atoms with Gasteiger partial charge in [0.15, 0.2) is 5.82 Å². The van der Waals surface area contributed by atoms with Crippen LogP contribution in [0.1, 0.15) is 65.7 Å². The molecule has 0 bridgehead atoms. The molecule has 0 amide bonds. The highest BCUT2D eigenvalue weighted by atomic mass is 15.2. The van der Waals surface area contributed by atoms with Gasteiger partial charge in [-0.25, -0.2) is 4.98 Å². The number of allylic oxidation sites excluding steroid dienone is 2. The number of aromatic nitrogens is 3. The van der Waals surface area contributed by atoms with Crippen LogP contribution in [0.2, 0.25) is 0 Å². The van der Waals surface area contributed by atoms with Gasteiger partial charge in [0.05, 0.1) is 5.52 Å². The molecule has 0 spiro atoms. The smallest absolute Gasteiger partial charge is 0.229 e.